The van der Waals surface area contributed by atoms with E-state index in [0.717, 1.165) is 22.0 Å². The third kappa shape index (κ3) is 4.94. The van der Waals surface area contributed by atoms with Crippen molar-refractivity contribution in [1.82, 2.24) is 20.1 Å². The molecule has 1 fully saturated rings. The number of hydrogen-bond donors (Lipinski definition) is 2. The fourth-order valence-electron chi connectivity index (χ4n) is 4.37. The molecule has 0 radical (unpaired) electrons. The van der Waals surface area contributed by atoms with Crippen molar-refractivity contribution in [2.24, 2.45) is 0 Å². The van der Waals surface area contributed by atoms with Gasteiger partial charge in [-0.05, 0) is 35.4 Å². The molecule has 1 saturated heterocycles. The maximum atomic E-state index is 13.2. The lowest BCUT2D eigenvalue weighted by Gasteiger charge is -2.26. The van der Waals surface area contributed by atoms with Gasteiger partial charge in [-0.1, -0.05) is 60.7 Å². The molecule has 0 atom stereocenters. The van der Waals surface area contributed by atoms with Crippen molar-refractivity contribution in [3.63, 3.8) is 0 Å². The van der Waals surface area contributed by atoms with E-state index in [2.05, 4.69) is 22.8 Å². The van der Waals surface area contributed by atoms with E-state index in [4.69, 9.17) is 0 Å². The van der Waals surface area contributed by atoms with Gasteiger partial charge in [0.05, 0.1) is 6.54 Å². The summed E-state index contributed by atoms with van der Waals surface area (Å²) in [7, 11) is 0. The molecular weight excluding hydrogens is 440 g/mol. The summed E-state index contributed by atoms with van der Waals surface area (Å²) in [5.74, 6) is -0.467. The van der Waals surface area contributed by atoms with Gasteiger partial charge in [-0.25, -0.2) is 0 Å². The Bertz CT molecular complexity index is 1380. The van der Waals surface area contributed by atoms with E-state index in [1.54, 1.807) is 17.0 Å². The highest BCUT2D eigenvalue weighted by Gasteiger charge is 2.22. The van der Waals surface area contributed by atoms with Crippen LogP contribution in [0.5, 0.6) is 0 Å². The van der Waals surface area contributed by atoms with Gasteiger partial charge in [-0.2, -0.15) is 0 Å². The number of nitrogens with zero attached hydrogens (tertiary/aromatic N) is 2. The molecule has 0 spiro atoms. The maximum absolute atomic E-state index is 13.2. The van der Waals surface area contributed by atoms with Crippen LogP contribution in [0.4, 0.5) is 0 Å². The molecule has 0 bridgehead atoms. The number of benzene rings is 3. The molecule has 2 heterocycles. The lowest BCUT2D eigenvalue weighted by Crippen LogP contribution is -2.49. The molecule has 0 aliphatic carbocycles. The van der Waals surface area contributed by atoms with Gasteiger partial charge in [0.15, 0.2) is 0 Å². The lowest BCUT2D eigenvalue weighted by atomic mass is 10.1. The van der Waals surface area contributed by atoms with Crippen LogP contribution < -0.4 is 10.6 Å². The summed E-state index contributed by atoms with van der Waals surface area (Å²) in [5, 5.41) is 6.75. The molecule has 176 valence electrons. The maximum Gasteiger partial charge on any atom is 0.268 e. The molecule has 5 rings (SSSR count). The molecule has 1 aliphatic heterocycles. The SMILES string of the molecule is O=C1CN(C(=O)c2ccc(CNC(=O)c3cc4ccccc4n3Cc3ccccc3)cc2)CCN1. The number of amides is 3. The first kappa shape index (κ1) is 22.4. The molecule has 1 aromatic heterocycles. The Kier molecular flexibility index (Phi) is 6.30. The largest absolute Gasteiger partial charge is 0.353 e. The van der Waals surface area contributed by atoms with Gasteiger partial charge < -0.3 is 20.1 Å². The highest BCUT2D eigenvalue weighted by molar-refractivity contribution is 5.99. The first-order valence-corrected chi connectivity index (χ1v) is 11.6. The van der Waals surface area contributed by atoms with E-state index >= 15 is 0 Å². The zero-order valence-corrected chi connectivity index (χ0v) is 19.2. The summed E-state index contributed by atoms with van der Waals surface area (Å²) in [4.78, 5) is 38.9. The number of fused-ring (bicyclic) bond motifs is 1. The van der Waals surface area contributed by atoms with Crippen molar-refractivity contribution in [3.8, 4) is 0 Å². The molecule has 3 aromatic carbocycles. The summed E-state index contributed by atoms with van der Waals surface area (Å²) in [6.07, 6.45) is 0. The van der Waals surface area contributed by atoms with E-state index in [1.165, 1.54) is 0 Å². The first-order valence-electron chi connectivity index (χ1n) is 11.6. The Hall–Kier alpha value is -4.39. The molecule has 4 aromatic rings. The van der Waals surface area contributed by atoms with E-state index in [-0.39, 0.29) is 24.3 Å². The van der Waals surface area contributed by atoms with Gasteiger partial charge in [0.2, 0.25) is 5.91 Å². The molecule has 7 heteroatoms. The number of para-hydroxylation sites is 1. The van der Waals surface area contributed by atoms with Crippen molar-refractivity contribution in [2.75, 3.05) is 19.6 Å². The van der Waals surface area contributed by atoms with Crippen LogP contribution in [0, 0.1) is 0 Å². The second-order valence-electron chi connectivity index (χ2n) is 8.62. The van der Waals surface area contributed by atoms with E-state index in [1.807, 2.05) is 65.2 Å². The number of aromatic nitrogens is 1. The van der Waals surface area contributed by atoms with Gasteiger partial charge >= 0.3 is 0 Å². The number of carbonyl (C=O) groups excluding carboxylic acids is 3. The minimum absolute atomic E-state index is 0.0770. The molecule has 1 aliphatic rings. The van der Waals surface area contributed by atoms with Crippen LogP contribution in [-0.2, 0) is 17.9 Å². The Balaban J connectivity index is 1.29. The average molecular weight is 467 g/mol. The molecule has 3 amide bonds. The fraction of sp³-hybridized carbons (Fsp3) is 0.179. The lowest BCUT2D eigenvalue weighted by molar-refractivity contribution is -0.123. The van der Waals surface area contributed by atoms with E-state index in [0.29, 0.717) is 37.4 Å². The third-order valence-electron chi connectivity index (χ3n) is 6.21. The van der Waals surface area contributed by atoms with Gasteiger partial charge in [0, 0.05) is 42.6 Å². The predicted octanol–water partition coefficient (Wildman–Crippen LogP) is 3.19. The van der Waals surface area contributed by atoms with Gasteiger partial charge in [0.1, 0.15) is 5.69 Å². The molecule has 7 nitrogen and oxygen atoms in total. The minimum atomic E-state index is -0.166. The van der Waals surface area contributed by atoms with E-state index < -0.39 is 0 Å². The van der Waals surface area contributed by atoms with Gasteiger partial charge in [0.25, 0.3) is 11.8 Å². The summed E-state index contributed by atoms with van der Waals surface area (Å²) < 4.78 is 2.04. The third-order valence-corrected chi connectivity index (χ3v) is 6.21. The van der Waals surface area contributed by atoms with Crippen LogP contribution in [0.15, 0.2) is 84.9 Å². The topological polar surface area (TPSA) is 83.4 Å². The highest BCUT2D eigenvalue weighted by atomic mass is 16.2. The zero-order valence-electron chi connectivity index (χ0n) is 19.2. The Labute approximate surface area is 203 Å². The second kappa shape index (κ2) is 9.85. The Morgan fingerprint density at radius 2 is 1.63 bits per heavy atom. The Morgan fingerprint density at radius 1 is 0.886 bits per heavy atom. The second-order valence-corrected chi connectivity index (χ2v) is 8.62. The molecule has 0 unspecified atom stereocenters. The summed E-state index contributed by atoms with van der Waals surface area (Å²) >= 11 is 0. The monoisotopic (exact) mass is 466 g/mol. The zero-order chi connectivity index (χ0) is 24.2. The Morgan fingerprint density at radius 3 is 2.40 bits per heavy atom. The summed E-state index contributed by atoms with van der Waals surface area (Å²) in [6.45, 7) is 1.98. The van der Waals surface area contributed by atoms with Crippen LogP contribution in [0.1, 0.15) is 32.0 Å². The van der Waals surface area contributed by atoms with Crippen LogP contribution in [0.2, 0.25) is 0 Å². The van der Waals surface area contributed by atoms with Crippen molar-refractivity contribution >= 4 is 28.6 Å². The highest BCUT2D eigenvalue weighted by Crippen LogP contribution is 2.21. The van der Waals surface area contributed by atoms with Crippen LogP contribution in [0.25, 0.3) is 10.9 Å². The minimum Gasteiger partial charge on any atom is -0.353 e. The number of carbonyl (C=O) groups is 3. The number of nitrogens with one attached hydrogen (secondary N) is 2. The first-order chi connectivity index (χ1) is 17.1. The van der Waals surface area contributed by atoms with Crippen LogP contribution in [-0.4, -0.2) is 46.8 Å². The van der Waals surface area contributed by atoms with Crippen LogP contribution in [0.3, 0.4) is 0 Å². The number of piperazine rings is 1. The van der Waals surface area contributed by atoms with Gasteiger partial charge in [-0.3, -0.25) is 14.4 Å². The fourth-order valence-corrected chi connectivity index (χ4v) is 4.37. The smallest absolute Gasteiger partial charge is 0.268 e. The number of hydrogen-bond acceptors (Lipinski definition) is 3. The van der Waals surface area contributed by atoms with Crippen molar-refractivity contribution in [2.45, 2.75) is 13.1 Å². The molecule has 0 saturated carbocycles. The molecular formula is C28H26N4O3. The quantitative estimate of drug-likeness (QED) is 0.458. The standard InChI is InChI=1S/C28H26N4O3/c33-26-19-31(15-14-29-26)28(35)22-12-10-20(11-13-22)17-30-27(34)25-16-23-8-4-5-9-24(23)32(25)18-21-6-2-1-3-7-21/h1-13,16H,14-15,17-19H2,(H,29,33)(H,30,34). The van der Waals surface area contributed by atoms with Crippen molar-refractivity contribution in [3.05, 3.63) is 107 Å². The number of rotatable bonds is 6. The normalized spacial score (nSPS) is 13.5. The van der Waals surface area contributed by atoms with Crippen LogP contribution >= 0.6 is 0 Å². The summed E-state index contributed by atoms with van der Waals surface area (Å²) in [6, 6.07) is 27.1. The van der Waals surface area contributed by atoms with Crippen molar-refractivity contribution in [1.29, 1.82) is 0 Å². The summed E-state index contributed by atoms with van der Waals surface area (Å²) in [5.41, 5.74) is 4.14. The van der Waals surface area contributed by atoms with Crippen molar-refractivity contribution < 1.29 is 14.4 Å². The van der Waals surface area contributed by atoms with E-state index in [9.17, 15) is 14.4 Å². The van der Waals surface area contributed by atoms with Gasteiger partial charge in [-0.15, -0.1) is 0 Å². The predicted molar refractivity (Wildman–Crippen MR) is 134 cm³/mol. The average Bonchev–Trinajstić information content (AvgIpc) is 3.26. The molecule has 2 N–H and O–H groups in total. The molecule has 35 heavy (non-hydrogen) atoms.